The van der Waals surface area contributed by atoms with Crippen molar-refractivity contribution in [3.63, 3.8) is 0 Å². The molecule has 0 bridgehead atoms. The highest BCUT2D eigenvalue weighted by atomic mass is 19.4. The predicted octanol–water partition coefficient (Wildman–Crippen LogP) is 2.94. The van der Waals surface area contributed by atoms with E-state index >= 15 is 0 Å². The predicted molar refractivity (Wildman–Crippen MR) is 96.7 cm³/mol. The van der Waals surface area contributed by atoms with Crippen molar-refractivity contribution in [3.8, 4) is 0 Å². The largest absolute Gasteiger partial charge is 0.416 e. The Kier molecular flexibility index (Phi) is 5.42. The molecule has 0 heterocycles. The minimum absolute atomic E-state index is 0.104. The average molecular weight is 392 g/mol. The molecule has 148 valence electrons. The van der Waals surface area contributed by atoms with Gasteiger partial charge in [0.2, 0.25) is 0 Å². The van der Waals surface area contributed by atoms with E-state index in [2.05, 4.69) is 10.6 Å². The fourth-order valence-corrected chi connectivity index (χ4v) is 3.28. The minimum atomic E-state index is -4.54. The number of halogens is 3. The Labute approximate surface area is 159 Å². The number of ether oxygens (including phenoxy) is 1. The molecule has 0 saturated heterocycles. The lowest BCUT2D eigenvalue weighted by molar-refractivity contribution is -0.137. The van der Waals surface area contributed by atoms with E-state index < -0.39 is 29.2 Å². The maximum Gasteiger partial charge on any atom is 0.416 e. The number of carbonyl (C=O) groups is 2. The highest BCUT2D eigenvalue weighted by Gasteiger charge is 2.38. The van der Waals surface area contributed by atoms with Crippen LogP contribution in [0.5, 0.6) is 0 Å². The van der Waals surface area contributed by atoms with Gasteiger partial charge >= 0.3 is 18.0 Å². The van der Waals surface area contributed by atoms with Gasteiger partial charge in [0, 0.05) is 32.2 Å². The second kappa shape index (κ2) is 7.63. The number of rotatable bonds is 4. The van der Waals surface area contributed by atoms with Crippen molar-refractivity contribution in [1.29, 1.82) is 0 Å². The van der Waals surface area contributed by atoms with Crippen LogP contribution in [0.4, 0.5) is 18.9 Å². The van der Waals surface area contributed by atoms with Gasteiger partial charge in [-0.25, -0.2) is 0 Å². The molecule has 0 spiro atoms. The molecule has 0 radical (unpaired) electrons. The summed E-state index contributed by atoms with van der Waals surface area (Å²) in [5.41, 5.74) is 0.562. The van der Waals surface area contributed by atoms with Crippen LogP contribution in [0.1, 0.15) is 16.7 Å². The zero-order valence-corrected chi connectivity index (χ0v) is 15.1. The molecule has 0 unspecified atom stereocenters. The Morgan fingerprint density at radius 1 is 1.04 bits per heavy atom. The molecular formula is C20H19F3N2O3. The zero-order valence-electron chi connectivity index (χ0n) is 15.1. The van der Waals surface area contributed by atoms with Gasteiger partial charge in [-0.1, -0.05) is 30.3 Å². The number of anilines is 1. The fourth-order valence-electron chi connectivity index (χ4n) is 3.28. The summed E-state index contributed by atoms with van der Waals surface area (Å²) in [6, 6.07) is 11.9. The highest BCUT2D eigenvalue weighted by Crippen LogP contribution is 2.32. The van der Waals surface area contributed by atoms with Crippen molar-refractivity contribution in [1.82, 2.24) is 5.32 Å². The van der Waals surface area contributed by atoms with Crippen molar-refractivity contribution < 1.29 is 27.5 Å². The lowest BCUT2D eigenvalue weighted by atomic mass is 10.00. The topological polar surface area (TPSA) is 67.4 Å². The van der Waals surface area contributed by atoms with Gasteiger partial charge in [-0.2, -0.15) is 13.2 Å². The van der Waals surface area contributed by atoms with E-state index in [0.717, 1.165) is 29.3 Å². The van der Waals surface area contributed by atoms with Gasteiger partial charge in [-0.05, 0) is 29.3 Å². The van der Waals surface area contributed by atoms with Crippen LogP contribution in [0.3, 0.4) is 0 Å². The summed E-state index contributed by atoms with van der Waals surface area (Å²) in [7, 11) is 1.54. The average Bonchev–Trinajstić information content (AvgIpc) is 3.05. The molecule has 0 atom stereocenters. The number of carbonyl (C=O) groups excluding carboxylic acids is 2. The number of hydrogen-bond acceptors (Lipinski definition) is 3. The molecule has 2 aromatic carbocycles. The summed E-state index contributed by atoms with van der Waals surface area (Å²) in [6.45, 7) is 0.104. The van der Waals surface area contributed by atoms with Crippen LogP contribution in [-0.2, 0) is 33.3 Å². The molecule has 0 aromatic heterocycles. The summed E-state index contributed by atoms with van der Waals surface area (Å²) in [6.07, 6.45) is -3.35. The van der Waals surface area contributed by atoms with Crippen LogP contribution in [0.2, 0.25) is 0 Å². The van der Waals surface area contributed by atoms with E-state index in [0.29, 0.717) is 12.8 Å². The molecule has 0 fully saturated rings. The van der Waals surface area contributed by atoms with E-state index in [-0.39, 0.29) is 12.2 Å². The van der Waals surface area contributed by atoms with Gasteiger partial charge in [0.05, 0.1) is 11.2 Å². The Morgan fingerprint density at radius 3 is 2.25 bits per heavy atom. The first kappa shape index (κ1) is 19.9. The summed E-state index contributed by atoms with van der Waals surface area (Å²) >= 11 is 0. The Balaban J connectivity index is 1.60. The highest BCUT2D eigenvalue weighted by molar-refractivity contribution is 6.39. The molecule has 28 heavy (non-hydrogen) atoms. The quantitative estimate of drug-likeness (QED) is 0.787. The molecule has 2 amide bonds. The van der Waals surface area contributed by atoms with Crippen molar-refractivity contribution >= 4 is 17.5 Å². The number of alkyl halides is 3. The Bertz CT molecular complexity index is 871. The van der Waals surface area contributed by atoms with Gasteiger partial charge < -0.3 is 15.4 Å². The van der Waals surface area contributed by atoms with Crippen molar-refractivity contribution in [2.75, 3.05) is 19.0 Å². The van der Waals surface area contributed by atoms with Gasteiger partial charge in [0.15, 0.2) is 0 Å². The van der Waals surface area contributed by atoms with E-state index in [1.165, 1.54) is 6.07 Å². The van der Waals surface area contributed by atoms with Gasteiger partial charge in [-0.15, -0.1) is 0 Å². The number of amides is 2. The zero-order chi connectivity index (χ0) is 20.4. The van der Waals surface area contributed by atoms with E-state index in [9.17, 15) is 22.8 Å². The summed E-state index contributed by atoms with van der Waals surface area (Å²) < 4.78 is 43.8. The molecular weight excluding hydrogens is 373 g/mol. The monoisotopic (exact) mass is 392 g/mol. The van der Waals surface area contributed by atoms with Crippen molar-refractivity contribution in [2.24, 2.45) is 0 Å². The van der Waals surface area contributed by atoms with Crippen LogP contribution in [0.25, 0.3) is 0 Å². The van der Waals surface area contributed by atoms with E-state index in [4.69, 9.17) is 4.74 Å². The van der Waals surface area contributed by atoms with Gasteiger partial charge in [0.1, 0.15) is 0 Å². The fraction of sp³-hybridized carbons (Fsp3) is 0.300. The number of fused-ring (bicyclic) bond motifs is 1. The smallest absolute Gasteiger partial charge is 0.376 e. The number of nitrogens with one attached hydrogen (secondary N) is 2. The van der Waals surface area contributed by atoms with Gasteiger partial charge in [0.25, 0.3) is 0 Å². The first-order valence-electron chi connectivity index (χ1n) is 8.61. The second-order valence-electron chi connectivity index (χ2n) is 6.72. The molecule has 2 aromatic rings. The van der Waals surface area contributed by atoms with Gasteiger partial charge in [-0.3, -0.25) is 9.59 Å². The number of hydrogen-bond donors (Lipinski definition) is 2. The van der Waals surface area contributed by atoms with Crippen molar-refractivity contribution in [2.45, 2.75) is 24.6 Å². The lowest BCUT2D eigenvalue weighted by Gasteiger charge is -2.27. The maximum absolute atomic E-state index is 12.7. The van der Waals surface area contributed by atoms with Crippen LogP contribution in [0.15, 0.2) is 48.5 Å². The van der Waals surface area contributed by atoms with Crippen LogP contribution in [-0.4, -0.2) is 31.1 Å². The molecule has 2 N–H and O–H groups in total. The lowest BCUT2D eigenvalue weighted by Crippen LogP contribution is -2.48. The minimum Gasteiger partial charge on any atom is -0.376 e. The molecule has 0 aliphatic heterocycles. The van der Waals surface area contributed by atoms with E-state index in [1.807, 2.05) is 24.3 Å². The number of methoxy groups -OCH3 is 1. The molecule has 0 saturated carbocycles. The summed E-state index contributed by atoms with van der Waals surface area (Å²) in [5, 5.41) is 4.70. The van der Waals surface area contributed by atoms with Crippen LogP contribution in [0, 0.1) is 0 Å². The molecule has 3 rings (SSSR count). The SMILES string of the molecule is COC1(CNC(=O)C(=O)Nc2cccc(C(F)(F)F)c2)Cc2ccccc2C1. The summed E-state index contributed by atoms with van der Waals surface area (Å²) in [4.78, 5) is 24.2. The van der Waals surface area contributed by atoms with Crippen LogP contribution < -0.4 is 10.6 Å². The molecule has 1 aliphatic rings. The number of benzene rings is 2. The third-order valence-electron chi connectivity index (χ3n) is 4.80. The van der Waals surface area contributed by atoms with Crippen molar-refractivity contribution in [3.05, 3.63) is 65.2 Å². The molecule has 5 nitrogen and oxygen atoms in total. The first-order valence-corrected chi connectivity index (χ1v) is 8.61. The third-order valence-corrected chi connectivity index (χ3v) is 4.80. The third kappa shape index (κ3) is 4.33. The maximum atomic E-state index is 12.7. The molecule has 1 aliphatic carbocycles. The van der Waals surface area contributed by atoms with Crippen LogP contribution >= 0.6 is 0 Å². The standard InChI is InChI=1S/C20H19F3N2O3/c1-28-19(10-13-5-2-3-6-14(13)11-19)12-24-17(26)18(27)25-16-8-4-7-15(9-16)20(21,22)23/h2-9H,10-12H2,1H3,(H,24,26)(H,25,27). The normalized spacial score (nSPS) is 15.0. The second-order valence-corrected chi connectivity index (χ2v) is 6.72. The summed E-state index contributed by atoms with van der Waals surface area (Å²) in [5.74, 6) is -1.98. The Hall–Kier alpha value is -2.87. The molecule has 8 heteroatoms. The Morgan fingerprint density at radius 2 is 1.68 bits per heavy atom. The first-order chi connectivity index (χ1) is 13.2. The van der Waals surface area contributed by atoms with E-state index in [1.54, 1.807) is 7.11 Å².